The molecule has 0 N–H and O–H groups in total. The molecule has 3 atom stereocenters. The van der Waals surface area contributed by atoms with Gasteiger partial charge in [0.05, 0.1) is 27.3 Å². The Kier molecular flexibility index (Phi) is 6.47. The minimum absolute atomic E-state index is 0.0173. The monoisotopic (exact) mass is 483 g/mol. The molecule has 1 heterocycles. The lowest BCUT2D eigenvalue weighted by Gasteiger charge is -2.30. The fraction of sp³-hybridized carbons (Fsp3) is 0.333. The van der Waals surface area contributed by atoms with Gasteiger partial charge in [0, 0.05) is 17.7 Å². The highest BCUT2D eigenvalue weighted by atomic mass is 35.5. The van der Waals surface area contributed by atoms with Gasteiger partial charge in [0.1, 0.15) is 6.54 Å². The minimum Gasteiger partial charge on any atom is -0.292 e. The number of non-ortho nitro benzene ring substituents is 1. The number of hydrogen-bond donors (Lipinski definition) is 0. The maximum atomic E-state index is 13.5. The van der Waals surface area contributed by atoms with E-state index in [4.69, 9.17) is 11.6 Å². The summed E-state index contributed by atoms with van der Waals surface area (Å²) < 4.78 is 0. The van der Waals surface area contributed by atoms with Crippen LogP contribution in [-0.4, -0.2) is 45.0 Å². The number of hydrogen-bond acceptors (Lipinski definition) is 6. The zero-order valence-corrected chi connectivity index (χ0v) is 19.1. The molecule has 0 unspecified atom stereocenters. The lowest BCUT2D eigenvalue weighted by atomic mass is 9.76. The van der Waals surface area contributed by atoms with Gasteiger partial charge in [-0.2, -0.15) is 5.01 Å². The van der Waals surface area contributed by atoms with E-state index < -0.39 is 46.8 Å². The molecular formula is C24H22ClN3O6. The van der Waals surface area contributed by atoms with Crippen LogP contribution >= 0.6 is 11.6 Å². The maximum Gasteiger partial charge on any atom is 0.274 e. The molecule has 0 aromatic heterocycles. The first-order valence-corrected chi connectivity index (χ1v) is 11.3. The molecule has 2 aromatic carbocycles. The number of benzene rings is 2. The van der Waals surface area contributed by atoms with Crippen LogP contribution in [-0.2, 0) is 9.59 Å². The Morgan fingerprint density at radius 1 is 1.09 bits per heavy atom. The number of ketones is 1. The third kappa shape index (κ3) is 4.31. The van der Waals surface area contributed by atoms with Crippen molar-refractivity contribution in [3.8, 4) is 0 Å². The summed E-state index contributed by atoms with van der Waals surface area (Å²) in [5.41, 5.74) is -0.278. The Morgan fingerprint density at radius 3 is 2.50 bits per heavy atom. The van der Waals surface area contributed by atoms with Crippen molar-refractivity contribution in [3.05, 3.63) is 74.8 Å². The smallest absolute Gasteiger partial charge is 0.274 e. The average molecular weight is 484 g/mol. The lowest BCUT2D eigenvalue weighted by molar-refractivity contribution is -0.384. The van der Waals surface area contributed by atoms with E-state index in [2.05, 4.69) is 0 Å². The molecule has 2 aromatic rings. The van der Waals surface area contributed by atoms with Crippen LogP contribution in [0.4, 0.5) is 5.69 Å². The van der Waals surface area contributed by atoms with Crippen LogP contribution in [0, 0.1) is 27.9 Å². The summed E-state index contributed by atoms with van der Waals surface area (Å²) in [6, 6.07) is 11.2. The summed E-state index contributed by atoms with van der Waals surface area (Å²) in [6.45, 7) is 1.35. The van der Waals surface area contributed by atoms with Crippen LogP contribution in [0.5, 0.6) is 0 Å². The molecule has 0 spiro atoms. The topological polar surface area (TPSA) is 118 Å². The fourth-order valence-corrected chi connectivity index (χ4v) is 4.85. The number of carbonyl (C=O) groups is 4. The van der Waals surface area contributed by atoms with Crippen LogP contribution in [0.1, 0.15) is 46.9 Å². The normalized spacial score (nSPS) is 21.8. The first kappa shape index (κ1) is 23.6. The van der Waals surface area contributed by atoms with Gasteiger partial charge in [-0.25, -0.2) is 5.01 Å². The van der Waals surface area contributed by atoms with E-state index >= 15 is 0 Å². The predicted octanol–water partition coefficient (Wildman–Crippen LogP) is 3.91. The molecule has 3 amide bonds. The summed E-state index contributed by atoms with van der Waals surface area (Å²) in [4.78, 5) is 63.6. The molecule has 10 heteroatoms. The number of Topliss-reactive ketones (excluding diaryl/α,β-unsaturated/α-hetero) is 1. The molecule has 1 aliphatic carbocycles. The second-order valence-corrected chi connectivity index (χ2v) is 9.10. The number of nitrogens with zero attached hydrogens (tertiary/aromatic N) is 3. The van der Waals surface area contributed by atoms with E-state index in [1.54, 1.807) is 12.1 Å². The van der Waals surface area contributed by atoms with E-state index in [0.29, 0.717) is 12.8 Å². The second-order valence-electron chi connectivity index (χ2n) is 8.69. The second kappa shape index (κ2) is 9.34. The number of nitro benzene ring substituents is 1. The van der Waals surface area contributed by atoms with Gasteiger partial charge in [-0.1, -0.05) is 42.8 Å². The van der Waals surface area contributed by atoms with Crippen molar-refractivity contribution in [2.24, 2.45) is 17.8 Å². The molecule has 176 valence electrons. The van der Waals surface area contributed by atoms with Crippen LogP contribution in [0.3, 0.4) is 0 Å². The van der Waals surface area contributed by atoms with Crippen LogP contribution in [0.2, 0.25) is 5.02 Å². The van der Waals surface area contributed by atoms with Gasteiger partial charge in [-0.15, -0.1) is 0 Å². The van der Waals surface area contributed by atoms with E-state index in [1.165, 1.54) is 30.3 Å². The molecule has 34 heavy (non-hydrogen) atoms. The number of carbonyl (C=O) groups excluding carboxylic acids is 4. The molecule has 1 saturated heterocycles. The number of halogens is 1. The molecule has 0 bridgehead atoms. The summed E-state index contributed by atoms with van der Waals surface area (Å²) in [5.74, 6) is -3.31. The summed E-state index contributed by atoms with van der Waals surface area (Å²) >= 11 is 6.20. The molecule has 9 nitrogen and oxygen atoms in total. The standard InChI is InChI=1S/C24H22ClN3O6/c1-14-9-10-17-19(11-14)24(32)27(23(17)31)26(22(30)18-7-2-3-8-20(18)25)13-21(29)15-5-4-6-16(12-15)28(33)34/h2-8,12,14,17,19H,9-11,13H2,1H3/t14-,17+,19-/m1/s1. The Morgan fingerprint density at radius 2 is 1.79 bits per heavy atom. The predicted molar refractivity (Wildman–Crippen MR) is 122 cm³/mol. The molecule has 2 aliphatic rings. The molecule has 1 aliphatic heterocycles. The molecule has 1 saturated carbocycles. The van der Waals surface area contributed by atoms with Gasteiger partial charge in [-0.3, -0.25) is 29.3 Å². The number of nitro groups is 1. The highest BCUT2D eigenvalue weighted by molar-refractivity contribution is 6.34. The maximum absolute atomic E-state index is 13.5. The van der Waals surface area contributed by atoms with Gasteiger partial charge in [-0.05, 0) is 37.3 Å². The highest BCUT2D eigenvalue weighted by Gasteiger charge is 2.53. The molecular weight excluding hydrogens is 462 g/mol. The van der Waals surface area contributed by atoms with Crippen molar-refractivity contribution in [1.29, 1.82) is 0 Å². The number of rotatable bonds is 6. The van der Waals surface area contributed by atoms with Crippen molar-refractivity contribution in [3.63, 3.8) is 0 Å². The zero-order chi connectivity index (χ0) is 24.6. The van der Waals surface area contributed by atoms with Gasteiger partial charge in [0.15, 0.2) is 5.78 Å². The molecule has 4 rings (SSSR count). The van der Waals surface area contributed by atoms with Gasteiger partial charge < -0.3 is 0 Å². The SMILES string of the molecule is C[C@@H]1CC[C@@H]2C(=O)N(N(CC(=O)c3cccc([N+](=O)[O-])c3)C(=O)c3ccccc3Cl)C(=O)[C@@H]2C1. The van der Waals surface area contributed by atoms with E-state index in [1.807, 2.05) is 6.92 Å². The van der Waals surface area contributed by atoms with Gasteiger partial charge >= 0.3 is 0 Å². The van der Waals surface area contributed by atoms with E-state index in [0.717, 1.165) is 22.5 Å². The van der Waals surface area contributed by atoms with Crippen molar-refractivity contribution in [1.82, 2.24) is 10.0 Å². The van der Waals surface area contributed by atoms with Gasteiger partial charge in [0.2, 0.25) is 0 Å². The van der Waals surface area contributed by atoms with Crippen LogP contribution in [0.15, 0.2) is 48.5 Å². The van der Waals surface area contributed by atoms with E-state index in [9.17, 15) is 29.3 Å². The Labute approximate surface area is 200 Å². The minimum atomic E-state index is -0.780. The number of amides is 3. The van der Waals surface area contributed by atoms with E-state index in [-0.39, 0.29) is 27.8 Å². The van der Waals surface area contributed by atoms with Crippen LogP contribution < -0.4 is 0 Å². The molecule has 0 radical (unpaired) electrons. The third-order valence-corrected chi connectivity index (χ3v) is 6.75. The summed E-state index contributed by atoms with van der Waals surface area (Å²) in [7, 11) is 0. The van der Waals surface area contributed by atoms with Gasteiger partial charge in [0.25, 0.3) is 23.4 Å². The first-order valence-electron chi connectivity index (χ1n) is 10.9. The quantitative estimate of drug-likeness (QED) is 0.266. The largest absolute Gasteiger partial charge is 0.292 e. The number of fused-ring (bicyclic) bond motifs is 1. The Balaban J connectivity index is 1.71. The van der Waals surface area contributed by atoms with Crippen molar-refractivity contribution < 1.29 is 24.1 Å². The summed E-state index contributed by atoms with van der Waals surface area (Å²) in [6.07, 6.45) is 1.84. The Bertz CT molecular complexity index is 1200. The lowest BCUT2D eigenvalue weighted by Crippen LogP contribution is -2.52. The molecule has 2 fully saturated rings. The number of imide groups is 1. The zero-order valence-electron chi connectivity index (χ0n) is 18.3. The van der Waals surface area contributed by atoms with Crippen molar-refractivity contribution in [2.75, 3.05) is 6.54 Å². The number of hydrazine groups is 1. The summed E-state index contributed by atoms with van der Waals surface area (Å²) in [5, 5.41) is 12.8. The third-order valence-electron chi connectivity index (χ3n) is 6.42. The fourth-order valence-electron chi connectivity index (χ4n) is 4.64. The van der Waals surface area contributed by atoms with Crippen molar-refractivity contribution >= 4 is 40.8 Å². The highest BCUT2D eigenvalue weighted by Crippen LogP contribution is 2.41. The van der Waals surface area contributed by atoms with Crippen molar-refractivity contribution in [2.45, 2.75) is 26.2 Å². The average Bonchev–Trinajstić information content (AvgIpc) is 3.06. The first-order chi connectivity index (χ1) is 16.2. The van der Waals surface area contributed by atoms with Crippen LogP contribution in [0.25, 0.3) is 0 Å². The Hall–Kier alpha value is -3.59.